The second-order valence-corrected chi connectivity index (χ2v) is 6.58. The lowest BCUT2D eigenvalue weighted by atomic mass is 10.2. The Balaban J connectivity index is 2.84. The molecule has 0 atom stereocenters. The van der Waals surface area contributed by atoms with Gasteiger partial charge in [-0.25, -0.2) is 8.42 Å². The van der Waals surface area contributed by atoms with E-state index in [1.54, 1.807) is 0 Å². The molecular weight excluding hydrogens is 302 g/mol. The van der Waals surface area contributed by atoms with Crippen LogP contribution in [0.1, 0.15) is 5.56 Å². The van der Waals surface area contributed by atoms with Gasteiger partial charge < -0.3 is 0 Å². The molecule has 0 N–H and O–H groups in total. The third-order valence-electron chi connectivity index (χ3n) is 1.96. The molecule has 0 bridgehead atoms. The minimum Gasteiger partial charge on any atom is -0.211 e. The van der Waals surface area contributed by atoms with Gasteiger partial charge in [0.15, 0.2) is 0 Å². The Hall–Kier alpha value is -0.100. The van der Waals surface area contributed by atoms with Gasteiger partial charge in [0.1, 0.15) is 5.21 Å². The van der Waals surface area contributed by atoms with Crippen molar-refractivity contribution in [2.75, 3.05) is 12.3 Å². The second-order valence-electron chi connectivity index (χ2n) is 3.07. The molecule has 0 spiro atoms. The first-order valence-corrected chi connectivity index (χ1v) is 7.14. The molecular formula is C9H11BrClNO2S. The van der Waals surface area contributed by atoms with Crippen molar-refractivity contribution in [2.24, 2.45) is 0 Å². The van der Waals surface area contributed by atoms with Crippen LogP contribution in [0.2, 0.25) is 0 Å². The van der Waals surface area contributed by atoms with Crippen LogP contribution in [0.25, 0.3) is 0 Å². The zero-order valence-electron chi connectivity index (χ0n) is 8.15. The van der Waals surface area contributed by atoms with E-state index in [-0.39, 0.29) is 0 Å². The van der Waals surface area contributed by atoms with Crippen LogP contribution < -0.4 is 0 Å². The fourth-order valence-electron chi connectivity index (χ4n) is 1.05. The highest BCUT2D eigenvalue weighted by Crippen LogP contribution is 2.18. The van der Waals surface area contributed by atoms with Gasteiger partial charge in [-0.3, -0.25) is 0 Å². The fraction of sp³-hybridized carbons (Fsp3) is 0.333. The maximum absolute atomic E-state index is 11.4. The van der Waals surface area contributed by atoms with Crippen LogP contribution in [0.15, 0.2) is 28.7 Å². The van der Waals surface area contributed by atoms with Gasteiger partial charge in [-0.15, -0.1) is 11.6 Å². The van der Waals surface area contributed by atoms with Gasteiger partial charge in [-0.2, -0.15) is 4.31 Å². The van der Waals surface area contributed by atoms with Gasteiger partial charge in [-0.1, -0.05) is 34.1 Å². The molecule has 1 aromatic carbocycles. The molecule has 1 rings (SSSR count). The van der Waals surface area contributed by atoms with Crippen LogP contribution in [0.3, 0.4) is 0 Å². The van der Waals surface area contributed by atoms with E-state index in [1.165, 1.54) is 11.4 Å². The van der Waals surface area contributed by atoms with Crippen molar-refractivity contribution < 1.29 is 8.42 Å². The van der Waals surface area contributed by atoms with Crippen molar-refractivity contribution in [2.45, 2.75) is 6.54 Å². The summed E-state index contributed by atoms with van der Waals surface area (Å²) in [4.78, 5) is 0. The smallest absolute Gasteiger partial charge is 0.211 e. The molecule has 0 saturated heterocycles. The predicted octanol–water partition coefficient (Wildman–Crippen LogP) is 2.41. The van der Waals surface area contributed by atoms with Crippen molar-refractivity contribution >= 4 is 37.6 Å². The Morgan fingerprint density at radius 1 is 1.40 bits per heavy atom. The van der Waals surface area contributed by atoms with E-state index < -0.39 is 15.2 Å². The summed E-state index contributed by atoms with van der Waals surface area (Å²) in [5.74, 6) is 0. The second kappa shape index (κ2) is 5.30. The molecule has 0 radical (unpaired) electrons. The van der Waals surface area contributed by atoms with E-state index in [0.717, 1.165) is 10.0 Å². The van der Waals surface area contributed by atoms with Gasteiger partial charge in [0, 0.05) is 18.1 Å². The highest BCUT2D eigenvalue weighted by Gasteiger charge is 2.16. The minimum atomic E-state index is -3.34. The molecule has 0 fully saturated rings. The van der Waals surface area contributed by atoms with Crippen LogP contribution in [-0.2, 0) is 16.6 Å². The van der Waals surface area contributed by atoms with Crippen molar-refractivity contribution in [3.05, 3.63) is 34.3 Å². The SMILES string of the molecule is CN(Cc1ccccc1Br)S(=O)(=O)CCl. The number of alkyl halides is 1. The standard InChI is InChI=1S/C9H11BrClNO2S/c1-12(15(13,14)7-11)6-8-4-2-3-5-9(8)10/h2-5H,6-7H2,1H3. The lowest BCUT2D eigenvalue weighted by Gasteiger charge is -2.16. The van der Waals surface area contributed by atoms with Gasteiger partial charge in [0.25, 0.3) is 0 Å². The average molecular weight is 313 g/mol. The van der Waals surface area contributed by atoms with E-state index in [9.17, 15) is 8.42 Å². The van der Waals surface area contributed by atoms with Crippen molar-refractivity contribution in [1.82, 2.24) is 4.31 Å². The molecule has 84 valence electrons. The predicted molar refractivity (Wildman–Crippen MR) is 65.2 cm³/mol. The van der Waals surface area contributed by atoms with Gasteiger partial charge in [-0.05, 0) is 11.6 Å². The molecule has 0 heterocycles. The number of rotatable bonds is 4. The molecule has 3 nitrogen and oxygen atoms in total. The molecule has 0 aliphatic carbocycles. The van der Waals surface area contributed by atoms with Crippen molar-refractivity contribution in [3.63, 3.8) is 0 Å². The summed E-state index contributed by atoms with van der Waals surface area (Å²) in [7, 11) is -1.82. The number of benzene rings is 1. The number of halogens is 2. The summed E-state index contributed by atoms with van der Waals surface area (Å²) in [6.07, 6.45) is 0. The fourth-order valence-corrected chi connectivity index (χ4v) is 2.46. The Morgan fingerprint density at radius 3 is 2.53 bits per heavy atom. The minimum absolute atomic E-state index is 0.316. The molecule has 1 aromatic rings. The zero-order chi connectivity index (χ0) is 11.5. The van der Waals surface area contributed by atoms with Crippen LogP contribution in [-0.4, -0.2) is 25.0 Å². The monoisotopic (exact) mass is 311 g/mol. The quantitative estimate of drug-likeness (QED) is 0.801. The normalized spacial score (nSPS) is 12.0. The Morgan fingerprint density at radius 2 is 2.00 bits per heavy atom. The molecule has 0 saturated carbocycles. The maximum atomic E-state index is 11.4. The van der Waals surface area contributed by atoms with Crippen LogP contribution in [0.4, 0.5) is 0 Å². The molecule has 0 aliphatic rings. The molecule has 0 amide bonds. The topological polar surface area (TPSA) is 37.4 Å². The first-order valence-electron chi connectivity index (χ1n) is 4.21. The molecule has 0 aliphatic heterocycles. The summed E-state index contributed by atoms with van der Waals surface area (Å²) >= 11 is 8.71. The lowest BCUT2D eigenvalue weighted by Crippen LogP contribution is -2.27. The summed E-state index contributed by atoms with van der Waals surface area (Å²) in [5.41, 5.74) is 0.911. The molecule has 0 unspecified atom stereocenters. The van der Waals surface area contributed by atoms with Crippen molar-refractivity contribution in [1.29, 1.82) is 0 Å². The van der Waals surface area contributed by atoms with E-state index >= 15 is 0 Å². The first kappa shape index (κ1) is 13.0. The van der Waals surface area contributed by atoms with E-state index in [2.05, 4.69) is 15.9 Å². The Labute approximate surface area is 103 Å². The average Bonchev–Trinajstić information content (AvgIpc) is 2.21. The summed E-state index contributed by atoms with van der Waals surface area (Å²) < 4.78 is 24.9. The van der Waals surface area contributed by atoms with Crippen molar-refractivity contribution in [3.8, 4) is 0 Å². The van der Waals surface area contributed by atoms with Crippen LogP contribution in [0.5, 0.6) is 0 Å². The summed E-state index contributed by atoms with van der Waals surface area (Å²) in [6.45, 7) is 0.316. The highest BCUT2D eigenvalue weighted by molar-refractivity contribution is 9.10. The molecule has 0 aromatic heterocycles. The van der Waals surface area contributed by atoms with E-state index in [4.69, 9.17) is 11.6 Å². The number of nitrogens with zero attached hydrogens (tertiary/aromatic N) is 1. The third-order valence-corrected chi connectivity index (χ3v) is 4.92. The number of hydrogen-bond donors (Lipinski definition) is 0. The largest absolute Gasteiger partial charge is 0.228 e. The lowest BCUT2D eigenvalue weighted by molar-refractivity contribution is 0.470. The Kier molecular flexibility index (Phi) is 4.58. The third kappa shape index (κ3) is 3.45. The van der Waals surface area contributed by atoms with E-state index in [0.29, 0.717) is 6.54 Å². The first-order chi connectivity index (χ1) is 6.97. The van der Waals surface area contributed by atoms with Crippen LogP contribution >= 0.6 is 27.5 Å². The zero-order valence-corrected chi connectivity index (χ0v) is 11.3. The molecule has 15 heavy (non-hydrogen) atoms. The van der Waals surface area contributed by atoms with Gasteiger partial charge in [0.2, 0.25) is 10.0 Å². The summed E-state index contributed by atoms with van der Waals surface area (Å²) in [5, 5.41) is -0.395. The van der Waals surface area contributed by atoms with Gasteiger partial charge >= 0.3 is 0 Å². The van der Waals surface area contributed by atoms with Crippen LogP contribution in [0, 0.1) is 0 Å². The Bertz CT molecular complexity index is 435. The van der Waals surface area contributed by atoms with E-state index in [1.807, 2.05) is 24.3 Å². The number of hydrogen-bond acceptors (Lipinski definition) is 2. The highest BCUT2D eigenvalue weighted by atomic mass is 79.9. The number of sulfonamides is 1. The maximum Gasteiger partial charge on any atom is 0.228 e. The summed E-state index contributed by atoms with van der Waals surface area (Å²) in [6, 6.07) is 7.48. The molecule has 6 heteroatoms. The van der Waals surface area contributed by atoms with Gasteiger partial charge in [0.05, 0.1) is 0 Å².